The van der Waals surface area contributed by atoms with E-state index in [0.29, 0.717) is 0 Å². The Balaban J connectivity index is 1.17. The Kier molecular flexibility index (Phi) is 8.04. The molecule has 2 aromatic heterocycles. The van der Waals surface area contributed by atoms with Crippen LogP contribution in [0.3, 0.4) is 0 Å². The Hall–Kier alpha value is -7.20. The monoisotopic (exact) mass is 744 g/mol. The van der Waals surface area contributed by atoms with Gasteiger partial charge in [-0.05, 0) is 76.9 Å². The Morgan fingerprint density at radius 2 is 0.947 bits per heavy atom. The van der Waals surface area contributed by atoms with Gasteiger partial charge >= 0.3 is 0 Å². The van der Waals surface area contributed by atoms with E-state index in [2.05, 4.69) is 228 Å². The molecule has 0 spiro atoms. The highest BCUT2D eigenvalue weighted by molar-refractivity contribution is 7.26. The fourth-order valence-electron chi connectivity index (χ4n) is 8.70. The number of benzene rings is 9. The summed E-state index contributed by atoms with van der Waals surface area (Å²) >= 11 is 1.88. The number of fused-ring (bicyclic) bond motifs is 6. The first-order valence-electron chi connectivity index (χ1n) is 19.4. The summed E-state index contributed by atoms with van der Waals surface area (Å²) < 4.78 is 5.09. The normalized spacial score (nSPS) is 11.5. The molecule has 2 heterocycles. The van der Waals surface area contributed by atoms with Gasteiger partial charge < -0.3 is 9.47 Å². The van der Waals surface area contributed by atoms with Crippen LogP contribution in [0, 0.1) is 0 Å². The van der Waals surface area contributed by atoms with Crippen molar-refractivity contribution >= 4 is 70.4 Å². The molecule has 0 unspecified atom stereocenters. The van der Waals surface area contributed by atoms with Crippen molar-refractivity contribution < 1.29 is 0 Å². The van der Waals surface area contributed by atoms with Gasteiger partial charge in [-0.3, -0.25) is 0 Å². The highest BCUT2D eigenvalue weighted by Crippen LogP contribution is 2.48. The molecule has 0 aliphatic rings. The molecule has 57 heavy (non-hydrogen) atoms. The molecule has 3 heteroatoms. The van der Waals surface area contributed by atoms with Gasteiger partial charge in [0.25, 0.3) is 0 Å². The molecule has 0 aliphatic carbocycles. The summed E-state index contributed by atoms with van der Waals surface area (Å²) in [7, 11) is 0. The minimum Gasteiger partial charge on any atom is -0.309 e. The number of para-hydroxylation sites is 3. The third-order valence-electron chi connectivity index (χ3n) is 11.2. The van der Waals surface area contributed by atoms with Gasteiger partial charge in [0, 0.05) is 53.4 Å². The van der Waals surface area contributed by atoms with Crippen molar-refractivity contribution in [3.8, 4) is 39.1 Å². The van der Waals surface area contributed by atoms with E-state index < -0.39 is 0 Å². The average Bonchev–Trinajstić information content (AvgIpc) is 3.84. The van der Waals surface area contributed by atoms with Gasteiger partial charge in [0.2, 0.25) is 0 Å². The predicted octanol–water partition coefficient (Wildman–Crippen LogP) is 15.6. The Labute approximate surface area is 335 Å². The van der Waals surface area contributed by atoms with Gasteiger partial charge in [-0.25, -0.2) is 0 Å². The fourth-order valence-corrected chi connectivity index (χ4v) is 9.93. The Bertz CT molecular complexity index is 3230. The average molecular weight is 745 g/mol. The number of nitrogens with zero attached hydrogens (tertiary/aromatic N) is 2. The number of thiophene rings is 1. The van der Waals surface area contributed by atoms with Crippen molar-refractivity contribution in [3.63, 3.8) is 0 Å². The number of aromatic nitrogens is 1. The van der Waals surface area contributed by atoms with E-state index in [0.717, 1.165) is 28.3 Å². The maximum absolute atomic E-state index is 2.46. The number of anilines is 3. The molecule has 0 saturated heterocycles. The molecule has 0 atom stereocenters. The molecule has 0 fully saturated rings. The third-order valence-corrected chi connectivity index (χ3v) is 12.4. The molecule has 268 valence electrons. The molecule has 0 bridgehead atoms. The van der Waals surface area contributed by atoms with Crippen molar-refractivity contribution in [2.75, 3.05) is 4.90 Å². The number of hydrogen-bond donors (Lipinski definition) is 0. The summed E-state index contributed by atoms with van der Waals surface area (Å²) in [6, 6.07) is 79.3. The van der Waals surface area contributed by atoms with Crippen LogP contribution in [0.2, 0.25) is 0 Å². The molecule has 0 saturated carbocycles. The summed E-state index contributed by atoms with van der Waals surface area (Å²) in [5, 5.41) is 5.04. The van der Waals surface area contributed by atoms with Crippen LogP contribution < -0.4 is 4.90 Å². The smallest absolute Gasteiger partial charge is 0.0562 e. The van der Waals surface area contributed by atoms with Crippen molar-refractivity contribution in [3.05, 3.63) is 218 Å². The van der Waals surface area contributed by atoms with Crippen LogP contribution in [0.1, 0.15) is 0 Å². The van der Waals surface area contributed by atoms with E-state index in [9.17, 15) is 0 Å². The molecular formula is C54H36N2S. The van der Waals surface area contributed by atoms with Crippen LogP contribution in [0.15, 0.2) is 218 Å². The standard InChI is InChI=1S/C54H36N2S/c1-4-18-37(19-5-1)41-24-10-13-29-48(41)55(39-22-8-3-9-23-39)50-31-17-32-51-53(50)46-26-11-14-30-49(46)56(51)40-34-35-42(47(36-40)38-20-6-2-7-21-38)44-27-16-28-45-43-25-12-15-33-52(43)57-54(44)45/h1-36H. The van der Waals surface area contributed by atoms with Crippen molar-refractivity contribution in [1.82, 2.24) is 4.57 Å². The number of hydrogen-bond acceptors (Lipinski definition) is 2. The highest BCUT2D eigenvalue weighted by atomic mass is 32.1. The van der Waals surface area contributed by atoms with E-state index >= 15 is 0 Å². The second kappa shape index (κ2) is 13.8. The lowest BCUT2D eigenvalue weighted by Crippen LogP contribution is -2.11. The first-order chi connectivity index (χ1) is 28.3. The maximum atomic E-state index is 2.46. The van der Waals surface area contributed by atoms with E-state index in [-0.39, 0.29) is 0 Å². The second-order valence-electron chi connectivity index (χ2n) is 14.5. The van der Waals surface area contributed by atoms with E-state index in [1.165, 1.54) is 69.8 Å². The van der Waals surface area contributed by atoms with Gasteiger partial charge in [-0.15, -0.1) is 11.3 Å². The Morgan fingerprint density at radius 1 is 0.368 bits per heavy atom. The van der Waals surface area contributed by atoms with Gasteiger partial charge in [0.1, 0.15) is 0 Å². The van der Waals surface area contributed by atoms with Gasteiger partial charge in [-0.2, -0.15) is 0 Å². The van der Waals surface area contributed by atoms with E-state index in [4.69, 9.17) is 0 Å². The first kappa shape index (κ1) is 33.2. The summed E-state index contributed by atoms with van der Waals surface area (Å²) in [5.74, 6) is 0. The summed E-state index contributed by atoms with van der Waals surface area (Å²) in [5.41, 5.74) is 14.1. The molecule has 11 rings (SSSR count). The lowest BCUT2D eigenvalue weighted by molar-refractivity contribution is 1.18. The zero-order chi connectivity index (χ0) is 37.7. The molecule has 0 radical (unpaired) electrons. The third kappa shape index (κ3) is 5.55. The van der Waals surface area contributed by atoms with Crippen LogP contribution in [0.4, 0.5) is 17.1 Å². The van der Waals surface area contributed by atoms with Crippen molar-refractivity contribution in [2.24, 2.45) is 0 Å². The summed E-state index contributed by atoms with van der Waals surface area (Å²) in [4.78, 5) is 2.44. The van der Waals surface area contributed by atoms with Crippen LogP contribution in [-0.4, -0.2) is 4.57 Å². The SMILES string of the molecule is c1ccc(-c2cc(-n3c4ccccc4c4c(N(c5ccccc5)c5ccccc5-c5ccccc5)cccc43)ccc2-c2cccc3c2sc2ccccc23)cc1. The van der Waals surface area contributed by atoms with Gasteiger partial charge in [0.15, 0.2) is 0 Å². The molecule has 11 aromatic rings. The Morgan fingerprint density at radius 3 is 1.75 bits per heavy atom. The molecule has 2 nitrogen and oxygen atoms in total. The molecule has 0 N–H and O–H groups in total. The second-order valence-corrected chi connectivity index (χ2v) is 15.5. The van der Waals surface area contributed by atoms with Gasteiger partial charge in [0.05, 0.1) is 22.4 Å². The minimum atomic E-state index is 1.11. The zero-order valence-electron chi connectivity index (χ0n) is 31.1. The van der Waals surface area contributed by atoms with Crippen LogP contribution in [0.5, 0.6) is 0 Å². The summed E-state index contributed by atoms with van der Waals surface area (Å²) in [6.45, 7) is 0. The van der Waals surface area contributed by atoms with Crippen molar-refractivity contribution in [2.45, 2.75) is 0 Å². The van der Waals surface area contributed by atoms with Crippen LogP contribution in [0.25, 0.3) is 81.0 Å². The van der Waals surface area contributed by atoms with Crippen molar-refractivity contribution in [1.29, 1.82) is 0 Å². The van der Waals surface area contributed by atoms with E-state index in [1.54, 1.807) is 0 Å². The van der Waals surface area contributed by atoms with Gasteiger partial charge in [-0.1, -0.05) is 164 Å². The quantitative estimate of drug-likeness (QED) is 0.158. The number of rotatable bonds is 7. The van der Waals surface area contributed by atoms with Crippen LogP contribution >= 0.6 is 11.3 Å². The lowest BCUT2D eigenvalue weighted by Gasteiger charge is -2.28. The van der Waals surface area contributed by atoms with E-state index in [1.807, 2.05) is 11.3 Å². The molecule has 9 aromatic carbocycles. The fraction of sp³-hybridized carbons (Fsp3) is 0. The maximum Gasteiger partial charge on any atom is 0.0562 e. The molecule has 0 amide bonds. The zero-order valence-corrected chi connectivity index (χ0v) is 31.9. The predicted molar refractivity (Wildman–Crippen MR) is 245 cm³/mol. The molecular weight excluding hydrogens is 709 g/mol. The summed E-state index contributed by atoms with van der Waals surface area (Å²) in [6.07, 6.45) is 0. The molecule has 0 aliphatic heterocycles. The van der Waals surface area contributed by atoms with Crippen LogP contribution in [-0.2, 0) is 0 Å². The lowest BCUT2D eigenvalue weighted by atomic mass is 9.93. The topological polar surface area (TPSA) is 8.17 Å². The minimum absolute atomic E-state index is 1.11. The highest BCUT2D eigenvalue weighted by Gasteiger charge is 2.23. The first-order valence-corrected chi connectivity index (χ1v) is 20.3. The largest absolute Gasteiger partial charge is 0.309 e.